The lowest BCUT2D eigenvalue weighted by atomic mass is 9.79. The van der Waals surface area contributed by atoms with E-state index in [9.17, 15) is 19.2 Å². The lowest BCUT2D eigenvalue weighted by Gasteiger charge is -2.42. The Morgan fingerprint density at radius 3 is 2.46 bits per heavy atom. The van der Waals surface area contributed by atoms with E-state index in [0.29, 0.717) is 37.2 Å². The summed E-state index contributed by atoms with van der Waals surface area (Å²) in [6, 6.07) is 3.65. The molecule has 0 unspecified atom stereocenters. The van der Waals surface area contributed by atoms with Crippen LogP contribution in [0.1, 0.15) is 89.7 Å². The molecule has 10 nitrogen and oxygen atoms in total. The van der Waals surface area contributed by atoms with Crippen LogP contribution in [0.15, 0.2) is 12.1 Å². The van der Waals surface area contributed by atoms with Gasteiger partial charge in [0.25, 0.3) is 5.91 Å². The van der Waals surface area contributed by atoms with Gasteiger partial charge in [0.05, 0.1) is 13.2 Å². The molecule has 1 atom stereocenters. The molecule has 10 heteroatoms. The number of aryl methyl sites for hydroxylation is 1. The van der Waals surface area contributed by atoms with Gasteiger partial charge in [-0.2, -0.15) is 0 Å². The molecule has 0 spiro atoms. The van der Waals surface area contributed by atoms with Gasteiger partial charge < -0.3 is 29.5 Å². The van der Waals surface area contributed by atoms with Gasteiger partial charge in [-0.3, -0.25) is 9.59 Å². The minimum atomic E-state index is -0.619. The maximum absolute atomic E-state index is 14.3. The molecule has 0 aliphatic carbocycles. The first-order valence-corrected chi connectivity index (χ1v) is 14.7. The second-order valence-corrected chi connectivity index (χ2v) is 13.0. The van der Waals surface area contributed by atoms with Crippen LogP contribution in [0.2, 0.25) is 0 Å². The Bertz CT molecular complexity index is 1160. The van der Waals surface area contributed by atoms with Crippen molar-refractivity contribution in [2.45, 2.75) is 98.8 Å². The average molecular weight is 573 g/mol. The highest BCUT2D eigenvalue weighted by Gasteiger charge is 2.40. The van der Waals surface area contributed by atoms with Gasteiger partial charge >= 0.3 is 12.2 Å². The number of carbonyl (C=O) groups excluding carboxylic acids is 4. The van der Waals surface area contributed by atoms with E-state index in [4.69, 9.17) is 4.74 Å². The van der Waals surface area contributed by atoms with Crippen LogP contribution in [-0.4, -0.2) is 84.8 Å². The molecular weight excluding hydrogens is 524 g/mol. The SMILES string of the molecule is CCc1cc2c(cc1C(=O)N(C(C)C)[C@@H]1CCCN(C(=O)OC(C)(C)C)C1)N(CCNC(=O)OC)C(=O)C(C)(C)C2. The lowest BCUT2D eigenvalue weighted by Crippen LogP contribution is -2.54. The Hall–Kier alpha value is -3.30. The van der Waals surface area contributed by atoms with Crippen molar-refractivity contribution in [1.29, 1.82) is 0 Å². The zero-order valence-corrected chi connectivity index (χ0v) is 26.3. The van der Waals surface area contributed by atoms with Crippen LogP contribution in [-0.2, 0) is 27.1 Å². The molecule has 2 heterocycles. The van der Waals surface area contributed by atoms with E-state index in [-0.39, 0.29) is 43.1 Å². The summed E-state index contributed by atoms with van der Waals surface area (Å²) in [7, 11) is 1.30. The first kappa shape index (κ1) is 32.2. The number of rotatable bonds is 7. The summed E-state index contributed by atoms with van der Waals surface area (Å²) in [6.45, 7) is 16.9. The fraction of sp³-hybridized carbons (Fsp3) is 0.677. The van der Waals surface area contributed by atoms with Gasteiger partial charge in [-0.15, -0.1) is 0 Å². The molecule has 2 aliphatic heterocycles. The van der Waals surface area contributed by atoms with Gasteiger partial charge in [0, 0.05) is 48.9 Å². The van der Waals surface area contributed by atoms with Gasteiger partial charge in [0.15, 0.2) is 0 Å². The molecule has 0 bridgehead atoms. The van der Waals surface area contributed by atoms with Crippen molar-refractivity contribution in [2.75, 3.05) is 38.2 Å². The average Bonchev–Trinajstić information content (AvgIpc) is 2.88. The van der Waals surface area contributed by atoms with Crippen molar-refractivity contribution in [1.82, 2.24) is 15.1 Å². The van der Waals surface area contributed by atoms with Crippen LogP contribution in [0.4, 0.5) is 15.3 Å². The number of hydrogen-bond donors (Lipinski definition) is 1. The summed E-state index contributed by atoms with van der Waals surface area (Å²) in [6.07, 6.45) is 1.85. The van der Waals surface area contributed by atoms with Crippen LogP contribution in [0, 0.1) is 5.41 Å². The number of ether oxygens (including phenoxy) is 2. The van der Waals surface area contributed by atoms with Crippen molar-refractivity contribution in [2.24, 2.45) is 5.41 Å². The number of likely N-dealkylation sites (tertiary alicyclic amines) is 1. The minimum Gasteiger partial charge on any atom is -0.453 e. The van der Waals surface area contributed by atoms with Crippen molar-refractivity contribution in [3.05, 3.63) is 28.8 Å². The summed E-state index contributed by atoms with van der Waals surface area (Å²) in [4.78, 5) is 57.6. The quantitative estimate of drug-likeness (QED) is 0.504. The fourth-order valence-corrected chi connectivity index (χ4v) is 5.79. The molecule has 1 aromatic carbocycles. The van der Waals surface area contributed by atoms with E-state index in [1.54, 1.807) is 9.80 Å². The Morgan fingerprint density at radius 1 is 1.20 bits per heavy atom. The molecule has 4 amide bonds. The zero-order chi connectivity index (χ0) is 30.7. The van der Waals surface area contributed by atoms with Gasteiger partial charge in [0.2, 0.25) is 5.91 Å². The first-order valence-electron chi connectivity index (χ1n) is 14.7. The largest absolute Gasteiger partial charge is 0.453 e. The molecule has 41 heavy (non-hydrogen) atoms. The van der Waals surface area contributed by atoms with Crippen LogP contribution in [0.5, 0.6) is 0 Å². The molecule has 228 valence electrons. The highest BCUT2D eigenvalue weighted by Crippen LogP contribution is 2.39. The van der Waals surface area contributed by atoms with Crippen molar-refractivity contribution in [3.8, 4) is 0 Å². The van der Waals surface area contributed by atoms with Crippen molar-refractivity contribution >= 4 is 29.7 Å². The topological polar surface area (TPSA) is 108 Å². The predicted octanol–water partition coefficient (Wildman–Crippen LogP) is 4.77. The number of benzene rings is 1. The minimum absolute atomic E-state index is 0.0553. The van der Waals surface area contributed by atoms with E-state index in [0.717, 1.165) is 24.0 Å². The molecule has 1 N–H and O–H groups in total. The molecule has 1 aromatic rings. The molecule has 3 rings (SSSR count). The Morgan fingerprint density at radius 2 is 1.88 bits per heavy atom. The first-order chi connectivity index (χ1) is 19.1. The molecule has 0 radical (unpaired) electrons. The van der Waals surface area contributed by atoms with E-state index in [1.807, 2.05) is 66.4 Å². The second-order valence-electron chi connectivity index (χ2n) is 13.0. The zero-order valence-electron chi connectivity index (χ0n) is 26.3. The number of nitrogens with one attached hydrogen (secondary N) is 1. The highest BCUT2D eigenvalue weighted by molar-refractivity contribution is 6.03. The third-order valence-electron chi connectivity index (χ3n) is 7.69. The summed E-state index contributed by atoms with van der Waals surface area (Å²) < 4.78 is 10.3. The van der Waals surface area contributed by atoms with E-state index < -0.39 is 17.1 Å². The Kier molecular flexibility index (Phi) is 9.98. The molecular formula is C31H48N4O6. The summed E-state index contributed by atoms with van der Waals surface area (Å²) in [5.41, 5.74) is 1.98. The number of methoxy groups -OCH3 is 1. The number of piperidine rings is 1. The summed E-state index contributed by atoms with van der Waals surface area (Å²) in [5.74, 6) is -0.166. The number of carbonyl (C=O) groups is 4. The molecule has 0 aromatic heterocycles. The van der Waals surface area contributed by atoms with E-state index in [2.05, 4.69) is 16.1 Å². The number of anilines is 1. The highest BCUT2D eigenvalue weighted by atomic mass is 16.6. The van der Waals surface area contributed by atoms with Gasteiger partial charge in [-0.1, -0.05) is 26.8 Å². The van der Waals surface area contributed by atoms with Crippen LogP contribution < -0.4 is 10.2 Å². The number of nitrogens with zero attached hydrogens (tertiary/aromatic N) is 3. The van der Waals surface area contributed by atoms with Crippen molar-refractivity contribution < 1.29 is 28.7 Å². The Labute approximate surface area is 244 Å². The maximum Gasteiger partial charge on any atom is 0.410 e. The van der Waals surface area contributed by atoms with E-state index >= 15 is 0 Å². The standard InChI is InChI=1S/C31H48N4O6/c1-10-21-16-22-18-31(7,8)27(37)34(15-13-32-28(38)40-9)25(22)17-24(21)26(36)35(20(2)3)23-12-11-14-33(19-23)29(39)41-30(4,5)6/h16-17,20,23H,10-15,18-19H2,1-9H3,(H,32,38)/t23-/m1/s1. The lowest BCUT2D eigenvalue weighted by molar-refractivity contribution is -0.127. The Balaban J connectivity index is 1.96. The van der Waals surface area contributed by atoms with Crippen molar-refractivity contribution in [3.63, 3.8) is 0 Å². The molecule has 1 saturated heterocycles. The molecule has 0 saturated carbocycles. The van der Waals surface area contributed by atoms with Gasteiger partial charge in [-0.05, 0) is 77.5 Å². The van der Waals surface area contributed by atoms with E-state index in [1.165, 1.54) is 7.11 Å². The molecule has 2 aliphatic rings. The summed E-state index contributed by atoms with van der Waals surface area (Å²) >= 11 is 0. The number of fused-ring (bicyclic) bond motifs is 1. The van der Waals surface area contributed by atoms with Gasteiger partial charge in [0.1, 0.15) is 5.60 Å². The maximum atomic E-state index is 14.3. The number of amides is 4. The summed E-state index contributed by atoms with van der Waals surface area (Å²) in [5, 5.41) is 2.65. The van der Waals surface area contributed by atoms with Crippen LogP contribution in [0.3, 0.4) is 0 Å². The third-order valence-corrected chi connectivity index (χ3v) is 7.69. The number of alkyl carbamates (subject to hydrolysis) is 1. The monoisotopic (exact) mass is 572 g/mol. The second kappa shape index (κ2) is 12.7. The van der Waals surface area contributed by atoms with Gasteiger partial charge in [-0.25, -0.2) is 9.59 Å². The smallest absolute Gasteiger partial charge is 0.410 e. The normalized spacial score (nSPS) is 18.6. The van der Waals surface area contributed by atoms with Crippen LogP contribution >= 0.6 is 0 Å². The third kappa shape index (κ3) is 7.51. The predicted molar refractivity (Wildman–Crippen MR) is 158 cm³/mol. The van der Waals surface area contributed by atoms with Crippen LogP contribution in [0.25, 0.3) is 0 Å². The number of hydrogen-bond acceptors (Lipinski definition) is 6. The molecule has 1 fully saturated rings. The fourth-order valence-electron chi connectivity index (χ4n) is 5.79.